The second kappa shape index (κ2) is 12.9. The van der Waals surface area contributed by atoms with E-state index >= 15 is 0 Å². The molecule has 2 aromatic carbocycles. The number of likely N-dealkylation sites (N-methyl/N-ethyl adjacent to an activating group) is 1. The van der Waals surface area contributed by atoms with Crippen LogP contribution in [-0.2, 0) is 0 Å². The van der Waals surface area contributed by atoms with Crippen molar-refractivity contribution in [2.24, 2.45) is 0 Å². The van der Waals surface area contributed by atoms with Crippen LogP contribution in [0, 0.1) is 6.92 Å². The largest absolute Gasteiger partial charge is 0.383 e. The lowest BCUT2D eigenvalue weighted by atomic mass is 10.1. The molecule has 2 heterocycles. The summed E-state index contributed by atoms with van der Waals surface area (Å²) in [4.78, 5) is 13.6. The Morgan fingerprint density at radius 2 is 1.94 bits per heavy atom. The first kappa shape index (κ1) is 26.2. The van der Waals surface area contributed by atoms with Gasteiger partial charge in [-0.05, 0) is 75.7 Å². The molecule has 1 aromatic heterocycles. The van der Waals surface area contributed by atoms with E-state index in [9.17, 15) is 0 Å². The number of hydrogen-bond donors (Lipinski definition) is 2. The Morgan fingerprint density at radius 1 is 1.17 bits per heavy atom. The summed E-state index contributed by atoms with van der Waals surface area (Å²) in [6.07, 6.45) is 6.13. The number of hydrogen-bond acceptors (Lipinski definition) is 6. The van der Waals surface area contributed by atoms with Crippen LogP contribution in [0.1, 0.15) is 50.8 Å². The van der Waals surface area contributed by atoms with E-state index in [0.29, 0.717) is 12.0 Å². The van der Waals surface area contributed by atoms with Gasteiger partial charge in [-0.3, -0.25) is 0 Å². The molecule has 3 aromatic rings. The number of likely N-dealkylation sites (tertiary alicyclic amines) is 1. The quantitative estimate of drug-likeness (QED) is 0.358. The van der Waals surface area contributed by atoms with Crippen LogP contribution < -0.4 is 15.5 Å². The monoisotopic (exact) mass is 472 g/mol. The predicted molar refractivity (Wildman–Crippen MR) is 150 cm³/mol. The maximum atomic E-state index is 4.76. The molecule has 0 saturated carbocycles. The Kier molecular flexibility index (Phi) is 9.67. The second-order valence-electron chi connectivity index (χ2n) is 8.73. The molecule has 2 N–H and O–H groups in total. The molecule has 35 heavy (non-hydrogen) atoms. The van der Waals surface area contributed by atoms with E-state index in [4.69, 9.17) is 4.98 Å². The van der Waals surface area contributed by atoms with Gasteiger partial charge in [0.1, 0.15) is 5.82 Å². The first-order valence-electron chi connectivity index (χ1n) is 12.7. The molecule has 6 heteroatoms. The van der Waals surface area contributed by atoms with Crippen LogP contribution in [0.15, 0.2) is 73.6 Å². The summed E-state index contributed by atoms with van der Waals surface area (Å²) in [5.41, 5.74) is 4.54. The van der Waals surface area contributed by atoms with E-state index in [2.05, 4.69) is 78.3 Å². The van der Waals surface area contributed by atoms with Gasteiger partial charge in [0, 0.05) is 30.7 Å². The molecule has 0 bridgehead atoms. The molecule has 6 nitrogen and oxygen atoms in total. The number of aryl methyl sites for hydroxylation is 1. The molecule has 1 aliphatic heterocycles. The SMILES string of the molecule is C=CN(c1ccnc(N[C@@H](C)c2ccccc2)n1)c1ccc(NCC2CCCN2C)cc1C.CC. The van der Waals surface area contributed by atoms with Crippen molar-refractivity contribution in [2.45, 2.75) is 52.6 Å². The second-order valence-corrected chi connectivity index (χ2v) is 8.73. The topological polar surface area (TPSA) is 56.3 Å². The molecule has 0 radical (unpaired) electrons. The van der Waals surface area contributed by atoms with E-state index < -0.39 is 0 Å². The van der Waals surface area contributed by atoms with Crippen molar-refractivity contribution < 1.29 is 0 Å². The Morgan fingerprint density at radius 3 is 2.60 bits per heavy atom. The average molecular weight is 473 g/mol. The number of nitrogens with one attached hydrogen (secondary N) is 2. The number of benzene rings is 2. The molecule has 0 spiro atoms. The van der Waals surface area contributed by atoms with Gasteiger partial charge in [-0.1, -0.05) is 50.8 Å². The maximum absolute atomic E-state index is 4.76. The van der Waals surface area contributed by atoms with Crippen molar-refractivity contribution in [3.63, 3.8) is 0 Å². The standard InChI is InChI=1S/C27H34N6.C2H6/c1-5-33(25-14-13-23(18-20(25)2)29-19-24-12-9-17-32(24)4)26-15-16-28-27(31-26)30-21(3)22-10-7-6-8-11-22;1-2/h5-8,10-11,13-16,18,21,24,29H,1,9,12,17,19H2,2-4H3,(H,28,30,31);1-2H3/t21-,24?;/m0./s1. The van der Waals surface area contributed by atoms with Gasteiger partial charge in [-0.25, -0.2) is 4.98 Å². The first-order chi connectivity index (χ1) is 17.0. The van der Waals surface area contributed by atoms with Crippen LogP contribution in [0.5, 0.6) is 0 Å². The van der Waals surface area contributed by atoms with Crippen LogP contribution in [0.4, 0.5) is 23.1 Å². The lowest BCUT2D eigenvalue weighted by Crippen LogP contribution is -2.31. The molecule has 1 saturated heterocycles. The summed E-state index contributed by atoms with van der Waals surface area (Å²) in [7, 11) is 2.21. The number of anilines is 4. The van der Waals surface area contributed by atoms with E-state index in [1.54, 1.807) is 12.4 Å². The summed E-state index contributed by atoms with van der Waals surface area (Å²) in [5, 5.41) is 7.01. The fourth-order valence-corrected chi connectivity index (χ4v) is 4.40. The minimum Gasteiger partial charge on any atom is -0.383 e. The summed E-state index contributed by atoms with van der Waals surface area (Å²) in [5.74, 6) is 1.37. The zero-order chi connectivity index (χ0) is 25.2. The highest BCUT2D eigenvalue weighted by molar-refractivity contribution is 5.69. The Balaban J connectivity index is 0.00000167. The van der Waals surface area contributed by atoms with Crippen molar-refractivity contribution in [2.75, 3.05) is 35.7 Å². The van der Waals surface area contributed by atoms with Crippen LogP contribution in [-0.4, -0.2) is 41.0 Å². The number of aromatic nitrogens is 2. The van der Waals surface area contributed by atoms with E-state index in [1.807, 2.05) is 43.0 Å². The predicted octanol–water partition coefficient (Wildman–Crippen LogP) is 6.77. The van der Waals surface area contributed by atoms with Crippen LogP contribution in [0.3, 0.4) is 0 Å². The fraction of sp³-hybridized carbons (Fsp3) is 0.379. The molecule has 186 valence electrons. The minimum atomic E-state index is 0.102. The van der Waals surface area contributed by atoms with Gasteiger partial charge in [-0.2, -0.15) is 4.98 Å². The molecule has 0 amide bonds. The Bertz CT molecular complexity index is 1070. The van der Waals surface area contributed by atoms with Gasteiger partial charge < -0.3 is 20.4 Å². The van der Waals surface area contributed by atoms with Crippen molar-refractivity contribution in [1.29, 1.82) is 0 Å². The third-order valence-corrected chi connectivity index (χ3v) is 6.39. The third kappa shape index (κ3) is 6.83. The lowest BCUT2D eigenvalue weighted by molar-refractivity contribution is 0.322. The normalized spacial score (nSPS) is 16.1. The lowest BCUT2D eigenvalue weighted by Gasteiger charge is -2.24. The Hall–Kier alpha value is -3.38. The van der Waals surface area contributed by atoms with Gasteiger partial charge >= 0.3 is 0 Å². The molecule has 0 aliphatic carbocycles. The molecular formula is C29H40N6. The zero-order valence-corrected chi connectivity index (χ0v) is 21.8. The van der Waals surface area contributed by atoms with Crippen LogP contribution >= 0.6 is 0 Å². The summed E-state index contributed by atoms with van der Waals surface area (Å²) in [6.45, 7) is 14.4. The molecule has 2 atom stereocenters. The van der Waals surface area contributed by atoms with Gasteiger partial charge in [0.05, 0.1) is 11.7 Å². The molecule has 4 rings (SSSR count). The van der Waals surface area contributed by atoms with Crippen molar-refractivity contribution in [3.05, 3.63) is 84.7 Å². The summed E-state index contributed by atoms with van der Waals surface area (Å²) >= 11 is 0. The molecular weight excluding hydrogens is 432 g/mol. The number of nitrogens with zero attached hydrogens (tertiary/aromatic N) is 4. The van der Waals surface area contributed by atoms with Crippen LogP contribution in [0.2, 0.25) is 0 Å². The summed E-state index contributed by atoms with van der Waals surface area (Å²) < 4.78 is 0. The first-order valence-corrected chi connectivity index (χ1v) is 12.7. The van der Waals surface area contributed by atoms with Gasteiger partial charge in [-0.15, -0.1) is 0 Å². The van der Waals surface area contributed by atoms with E-state index in [-0.39, 0.29) is 6.04 Å². The van der Waals surface area contributed by atoms with Crippen molar-refractivity contribution in [1.82, 2.24) is 14.9 Å². The van der Waals surface area contributed by atoms with Gasteiger partial charge in [0.25, 0.3) is 0 Å². The highest BCUT2D eigenvalue weighted by atomic mass is 15.2. The molecule has 1 aliphatic rings. The van der Waals surface area contributed by atoms with Crippen molar-refractivity contribution >= 4 is 23.1 Å². The fourth-order valence-electron chi connectivity index (χ4n) is 4.40. The smallest absolute Gasteiger partial charge is 0.225 e. The van der Waals surface area contributed by atoms with Gasteiger partial charge in [0.15, 0.2) is 0 Å². The molecule has 1 fully saturated rings. The minimum absolute atomic E-state index is 0.102. The highest BCUT2D eigenvalue weighted by Gasteiger charge is 2.20. The average Bonchev–Trinajstić information content (AvgIpc) is 3.31. The Labute approximate surface area is 211 Å². The van der Waals surface area contributed by atoms with Crippen LogP contribution in [0.25, 0.3) is 0 Å². The summed E-state index contributed by atoms with van der Waals surface area (Å²) in [6, 6.07) is 19.4. The number of rotatable bonds is 9. The molecule has 1 unspecified atom stereocenters. The van der Waals surface area contributed by atoms with Gasteiger partial charge in [0.2, 0.25) is 5.95 Å². The van der Waals surface area contributed by atoms with Crippen molar-refractivity contribution in [3.8, 4) is 0 Å². The van der Waals surface area contributed by atoms with E-state index in [0.717, 1.165) is 29.3 Å². The van der Waals surface area contributed by atoms with E-state index in [1.165, 1.54) is 24.9 Å². The highest BCUT2D eigenvalue weighted by Crippen LogP contribution is 2.30. The third-order valence-electron chi connectivity index (χ3n) is 6.39. The zero-order valence-electron chi connectivity index (χ0n) is 21.8. The maximum Gasteiger partial charge on any atom is 0.225 e.